The Morgan fingerprint density at radius 3 is 2.54 bits per heavy atom. The average molecular weight is 386 g/mol. The molecule has 0 fully saturated rings. The maximum Gasteiger partial charge on any atom is 0.233 e. The zero-order valence-corrected chi connectivity index (χ0v) is 17.6. The SMILES string of the molecule is C/C=C/COc1cc(C)c(CCCCOc2cc(C=NOC)n(C)n2)c(C)c1. The molecule has 0 unspecified atom stereocenters. The molecule has 28 heavy (non-hydrogen) atoms. The number of rotatable bonds is 11. The fourth-order valence-electron chi connectivity index (χ4n) is 3.00. The molecule has 0 saturated carbocycles. The van der Waals surface area contributed by atoms with E-state index in [1.165, 1.54) is 23.8 Å². The van der Waals surface area contributed by atoms with Crippen LogP contribution in [0.5, 0.6) is 11.6 Å². The molecule has 2 rings (SSSR count). The number of ether oxygens (including phenoxy) is 2. The summed E-state index contributed by atoms with van der Waals surface area (Å²) < 4.78 is 13.2. The number of benzene rings is 1. The molecule has 152 valence electrons. The number of oxime groups is 1. The molecular formula is C22H31N3O3. The van der Waals surface area contributed by atoms with Crippen molar-refractivity contribution in [1.29, 1.82) is 0 Å². The first kappa shape index (κ1) is 21.5. The van der Waals surface area contributed by atoms with Crippen LogP contribution >= 0.6 is 0 Å². The van der Waals surface area contributed by atoms with Gasteiger partial charge in [-0.1, -0.05) is 17.3 Å². The Bertz CT molecular complexity index is 786. The number of allylic oxidation sites excluding steroid dienone is 1. The Balaban J connectivity index is 1.79. The minimum atomic E-state index is 0.607. The largest absolute Gasteiger partial charge is 0.490 e. The third-order valence-electron chi connectivity index (χ3n) is 4.51. The van der Waals surface area contributed by atoms with E-state index < -0.39 is 0 Å². The number of aromatic nitrogens is 2. The van der Waals surface area contributed by atoms with Gasteiger partial charge in [0.05, 0.1) is 18.5 Å². The average Bonchev–Trinajstić information content (AvgIpc) is 3.01. The molecule has 1 heterocycles. The van der Waals surface area contributed by atoms with Gasteiger partial charge in [0.15, 0.2) is 0 Å². The van der Waals surface area contributed by atoms with Crippen molar-refractivity contribution in [3.8, 4) is 11.6 Å². The Labute approximate surface area is 167 Å². The molecule has 0 aliphatic heterocycles. The Morgan fingerprint density at radius 2 is 1.86 bits per heavy atom. The van der Waals surface area contributed by atoms with E-state index in [-0.39, 0.29) is 0 Å². The van der Waals surface area contributed by atoms with Crippen LogP contribution < -0.4 is 9.47 Å². The maximum absolute atomic E-state index is 5.76. The van der Waals surface area contributed by atoms with Gasteiger partial charge in [0.1, 0.15) is 19.5 Å². The lowest BCUT2D eigenvalue weighted by molar-refractivity contribution is 0.215. The topological polar surface area (TPSA) is 57.9 Å². The summed E-state index contributed by atoms with van der Waals surface area (Å²) in [6, 6.07) is 6.10. The van der Waals surface area contributed by atoms with Gasteiger partial charge in [-0.3, -0.25) is 4.68 Å². The fraction of sp³-hybridized carbons (Fsp3) is 0.455. The van der Waals surface area contributed by atoms with Crippen molar-refractivity contribution in [2.75, 3.05) is 20.3 Å². The highest BCUT2D eigenvalue weighted by atomic mass is 16.6. The summed E-state index contributed by atoms with van der Waals surface area (Å²) in [5.41, 5.74) is 4.79. The third kappa shape index (κ3) is 6.44. The molecule has 0 spiro atoms. The quantitative estimate of drug-likeness (QED) is 0.249. The second-order valence-electron chi connectivity index (χ2n) is 6.67. The van der Waals surface area contributed by atoms with Crippen molar-refractivity contribution in [2.45, 2.75) is 40.0 Å². The van der Waals surface area contributed by atoms with Gasteiger partial charge in [0.2, 0.25) is 5.88 Å². The summed E-state index contributed by atoms with van der Waals surface area (Å²) in [6.07, 6.45) is 8.67. The van der Waals surface area contributed by atoms with Crippen LogP contribution in [0.3, 0.4) is 0 Å². The first-order valence-electron chi connectivity index (χ1n) is 9.62. The number of unbranched alkanes of at least 4 members (excludes halogenated alkanes) is 1. The smallest absolute Gasteiger partial charge is 0.233 e. The van der Waals surface area contributed by atoms with Crippen molar-refractivity contribution in [2.24, 2.45) is 12.2 Å². The maximum atomic E-state index is 5.76. The zero-order chi connectivity index (χ0) is 20.4. The van der Waals surface area contributed by atoms with Crippen molar-refractivity contribution in [1.82, 2.24) is 9.78 Å². The predicted molar refractivity (Wildman–Crippen MR) is 112 cm³/mol. The molecule has 1 aromatic heterocycles. The van der Waals surface area contributed by atoms with Gasteiger partial charge >= 0.3 is 0 Å². The fourth-order valence-corrected chi connectivity index (χ4v) is 3.00. The Kier molecular flexibility index (Phi) is 8.59. The second kappa shape index (κ2) is 11.2. The lowest BCUT2D eigenvalue weighted by Crippen LogP contribution is -2.02. The van der Waals surface area contributed by atoms with E-state index in [0.29, 0.717) is 19.1 Å². The summed E-state index contributed by atoms with van der Waals surface area (Å²) in [5, 5.41) is 8.07. The van der Waals surface area contributed by atoms with Crippen molar-refractivity contribution in [3.63, 3.8) is 0 Å². The molecule has 0 atom stereocenters. The lowest BCUT2D eigenvalue weighted by atomic mass is 9.97. The molecular weight excluding hydrogens is 354 g/mol. The molecule has 0 amide bonds. The van der Waals surface area contributed by atoms with Crippen LogP contribution in [-0.2, 0) is 18.3 Å². The molecule has 0 N–H and O–H groups in total. The molecule has 6 heteroatoms. The van der Waals surface area contributed by atoms with Crippen molar-refractivity contribution >= 4 is 6.21 Å². The van der Waals surface area contributed by atoms with E-state index in [1.54, 1.807) is 10.9 Å². The monoisotopic (exact) mass is 385 g/mol. The molecule has 0 bridgehead atoms. The van der Waals surface area contributed by atoms with E-state index >= 15 is 0 Å². The van der Waals surface area contributed by atoms with Crippen LogP contribution in [-0.4, -0.2) is 36.3 Å². The number of nitrogens with zero attached hydrogens (tertiary/aromatic N) is 3. The molecule has 1 aromatic carbocycles. The molecule has 6 nitrogen and oxygen atoms in total. The molecule has 2 aromatic rings. The zero-order valence-electron chi connectivity index (χ0n) is 17.6. The Hall–Kier alpha value is -2.76. The minimum Gasteiger partial charge on any atom is -0.490 e. The van der Waals surface area contributed by atoms with Crippen LogP contribution in [0.4, 0.5) is 0 Å². The van der Waals surface area contributed by atoms with Crippen LogP contribution in [0.2, 0.25) is 0 Å². The van der Waals surface area contributed by atoms with Gasteiger partial charge < -0.3 is 14.3 Å². The van der Waals surface area contributed by atoms with Gasteiger partial charge in [-0.25, -0.2) is 0 Å². The highest BCUT2D eigenvalue weighted by Crippen LogP contribution is 2.23. The molecule has 0 aliphatic carbocycles. The van der Waals surface area contributed by atoms with Crippen LogP contribution in [0.25, 0.3) is 0 Å². The van der Waals surface area contributed by atoms with E-state index in [4.69, 9.17) is 14.3 Å². The van der Waals surface area contributed by atoms with Crippen LogP contribution in [0.15, 0.2) is 35.5 Å². The number of aryl methyl sites for hydroxylation is 3. The Morgan fingerprint density at radius 1 is 1.11 bits per heavy atom. The standard InChI is InChI=1S/C22H31N3O3/c1-6-7-11-27-20-13-17(2)21(18(3)14-20)10-8-9-12-28-22-15-19(16-23-26-5)25(4)24-22/h6-7,13-16H,8-12H2,1-5H3/b7-6+,23-16?. The van der Waals surface area contributed by atoms with E-state index in [9.17, 15) is 0 Å². The van der Waals surface area contributed by atoms with Gasteiger partial charge in [-0.15, -0.1) is 5.10 Å². The van der Waals surface area contributed by atoms with Gasteiger partial charge in [-0.05, 0) is 68.9 Å². The summed E-state index contributed by atoms with van der Waals surface area (Å²) >= 11 is 0. The van der Waals surface area contributed by atoms with Gasteiger partial charge in [-0.2, -0.15) is 0 Å². The van der Waals surface area contributed by atoms with E-state index in [2.05, 4.69) is 36.2 Å². The van der Waals surface area contributed by atoms with Crippen molar-refractivity contribution < 1.29 is 14.3 Å². The van der Waals surface area contributed by atoms with Gasteiger partial charge in [0.25, 0.3) is 0 Å². The molecule has 0 aliphatic rings. The van der Waals surface area contributed by atoms with Gasteiger partial charge in [0, 0.05) is 13.1 Å². The van der Waals surface area contributed by atoms with E-state index in [0.717, 1.165) is 30.7 Å². The lowest BCUT2D eigenvalue weighted by Gasteiger charge is -2.13. The second-order valence-corrected chi connectivity index (χ2v) is 6.67. The molecule has 0 saturated heterocycles. The first-order valence-corrected chi connectivity index (χ1v) is 9.62. The highest BCUT2D eigenvalue weighted by Gasteiger charge is 2.07. The summed E-state index contributed by atoms with van der Waals surface area (Å²) in [7, 11) is 3.36. The highest BCUT2D eigenvalue weighted by molar-refractivity contribution is 5.77. The third-order valence-corrected chi connectivity index (χ3v) is 4.51. The number of hydrogen-bond acceptors (Lipinski definition) is 5. The van der Waals surface area contributed by atoms with Crippen LogP contribution in [0, 0.1) is 13.8 Å². The summed E-state index contributed by atoms with van der Waals surface area (Å²) in [4.78, 5) is 4.69. The molecule has 0 radical (unpaired) electrons. The summed E-state index contributed by atoms with van der Waals surface area (Å²) in [6.45, 7) is 7.55. The normalized spacial score (nSPS) is 11.5. The van der Waals surface area contributed by atoms with Crippen LogP contribution in [0.1, 0.15) is 42.1 Å². The van der Waals surface area contributed by atoms with E-state index in [1.807, 2.05) is 32.2 Å². The minimum absolute atomic E-state index is 0.607. The first-order chi connectivity index (χ1) is 13.5. The summed E-state index contributed by atoms with van der Waals surface area (Å²) in [5.74, 6) is 1.54. The predicted octanol–water partition coefficient (Wildman–Crippen LogP) is 4.37. The van der Waals surface area contributed by atoms with Crippen molar-refractivity contribution in [3.05, 3.63) is 52.7 Å². The number of hydrogen-bond donors (Lipinski definition) is 0.